The molecule has 0 atom stereocenters. The van der Waals surface area contributed by atoms with Gasteiger partial charge >= 0.3 is 5.97 Å². The second-order valence-electron chi connectivity index (χ2n) is 1.41. The van der Waals surface area contributed by atoms with Crippen molar-refractivity contribution in [1.82, 2.24) is 0 Å². The molecular weight excluding hydrogens is 142 g/mol. The van der Waals surface area contributed by atoms with Crippen molar-refractivity contribution in [2.24, 2.45) is 4.58 Å². The highest BCUT2D eigenvalue weighted by molar-refractivity contribution is 7.97. The molecule has 0 spiro atoms. The molecule has 0 aliphatic carbocycles. The van der Waals surface area contributed by atoms with E-state index in [0.29, 0.717) is 12.2 Å². The Morgan fingerprint density at radius 2 is 2.33 bits per heavy atom. The van der Waals surface area contributed by atoms with Gasteiger partial charge < -0.3 is 5.11 Å². The van der Waals surface area contributed by atoms with E-state index < -0.39 is 5.97 Å². The topological polar surface area (TPSA) is 66.7 Å². The number of carbonyl (C=O) groups is 1. The average molecular weight is 149 g/mol. The maximum atomic E-state index is 9.84. The highest BCUT2D eigenvalue weighted by atomic mass is 32.2. The van der Waals surface area contributed by atoms with Crippen LogP contribution in [0.25, 0.3) is 0 Å². The van der Waals surface area contributed by atoms with E-state index in [2.05, 4.69) is 4.58 Å². The van der Waals surface area contributed by atoms with Gasteiger partial charge in [0.15, 0.2) is 0 Å². The summed E-state index contributed by atoms with van der Waals surface area (Å²) in [4.78, 5) is 19.3. The summed E-state index contributed by atoms with van der Waals surface area (Å²) >= 11 is 0.856. The van der Waals surface area contributed by atoms with Crippen molar-refractivity contribution in [2.45, 2.75) is 12.8 Å². The molecule has 1 N–H and O–H groups in total. The smallest absolute Gasteiger partial charge is 0.303 e. The predicted molar refractivity (Wildman–Crippen MR) is 35.1 cm³/mol. The lowest BCUT2D eigenvalue weighted by Crippen LogP contribution is -1.94. The normalized spacial score (nSPS) is 8.89. The van der Waals surface area contributed by atoms with Gasteiger partial charge in [0.05, 0.1) is 0 Å². The lowest BCUT2D eigenvalue weighted by atomic mass is 10.3. The molecule has 0 rings (SSSR count). The van der Waals surface area contributed by atoms with Crippen LogP contribution in [0.1, 0.15) is 12.8 Å². The van der Waals surface area contributed by atoms with Crippen molar-refractivity contribution >= 4 is 17.9 Å². The number of hydrogen-bond donors (Lipinski definition) is 1. The molecular formula is C4H7NO3S. The third kappa shape index (κ3) is 7.42. The van der Waals surface area contributed by atoms with Gasteiger partial charge in [-0.05, 0) is 6.42 Å². The molecule has 0 aromatic rings. The van der Waals surface area contributed by atoms with Crippen LogP contribution in [0.2, 0.25) is 0 Å². The van der Waals surface area contributed by atoms with Crippen molar-refractivity contribution in [2.75, 3.05) is 5.75 Å². The Labute approximate surface area is 56.7 Å². The standard InChI is InChI=1S/C4H7NO3S/c6-4(7)2-1-3-9-5-8/h1-3H2,(H,6,7). The molecule has 0 fully saturated rings. The van der Waals surface area contributed by atoms with Crippen LogP contribution < -0.4 is 0 Å². The first-order valence-electron chi connectivity index (χ1n) is 2.44. The molecule has 0 radical (unpaired) electrons. The van der Waals surface area contributed by atoms with E-state index in [9.17, 15) is 9.70 Å². The quantitative estimate of drug-likeness (QED) is 0.363. The molecule has 0 aromatic heterocycles. The number of rotatable bonds is 5. The van der Waals surface area contributed by atoms with Crippen molar-refractivity contribution in [3.05, 3.63) is 4.91 Å². The lowest BCUT2D eigenvalue weighted by molar-refractivity contribution is -0.137. The number of aliphatic carboxylic acids is 1. The van der Waals surface area contributed by atoms with Gasteiger partial charge in [-0.3, -0.25) is 4.79 Å². The molecule has 0 heterocycles. The first kappa shape index (κ1) is 8.42. The Morgan fingerprint density at radius 3 is 2.78 bits per heavy atom. The largest absolute Gasteiger partial charge is 0.481 e. The van der Waals surface area contributed by atoms with E-state index in [1.165, 1.54) is 0 Å². The van der Waals surface area contributed by atoms with Crippen molar-refractivity contribution in [3.8, 4) is 0 Å². The highest BCUT2D eigenvalue weighted by Gasteiger charge is 1.95. The van der Waals surface area contributed by atoms with Gasteiger partial charge in [0, 0.05) is 28.7 Å². The Bertz CT molecular complexity index is 106. The predicted octanol–water partition coefficient (Wildman–Crippen LogP) is 1.27. The molecule has 0 amide bonds. The van der Waals surface area contributed by atoms with E-state index >= 15 is 0 Å². The first-order chi connectivity index (χ1) is 4.27. The van der Waals surface area contributed by atoms with E-state index in [-0.39, 0.29) is 6.42 Å². The van der Waals surface area contributed by atoms with Gasteiger partial charge in [0.1, 0.15) is 0 Å². The molecule has 52 valence electrons. The second-order valence-corrected chi connectivity index (χ2v) is 2.22. The first-order valence-corrected chi connectivity index (χ1v) is 3.38. The minimum atomic E-state index is -0.832. The summed E-state index contributed by atoms with van der Waals surface area (Å²) in [6, 6.07) is 0. The third-order valence-electron chi connectivity index (χ3n) is 0.679. The molecule has 0 saturated heterocycles. The van der Waals surface area contributed by atoms with Gasteiger partial charge in [-0.2, -0.15) is 0 Å². The van der Waals surface area contributed by atoms with E-state index in [0.717, 1.165) is 11.9 Å². The number of nitroso groups, excluding NO2 is 1. The van der Waals surface area contributed by atoms with Crippen LogP contribution in [0.5, 0.6) is 0 Å². The van der Waals surface area contributed by atoms with Gasteiger partial charge in [-0.15, -0.1) is 4.91 Å². The zero-order valence-corrected chi connectivity index (χ0v) is 5.56. The highest BCUT2D eigenvalue weighted by Crippen LogP contribution is 2.03. The Hall–Kier alpha value is -0.580. The van der Waals surface area contributed by atoms with E-state index in [1.807, 2.05) is 0 Å². The van der Waals surface area contributed by atoms with E-state index in [4.69, 9.17) is 5.11 Å². The maximum absolute atomic E-state index is 9.84. The van der Waals surface area contributed by atoms with Crippen molar-refractivity contribution in [1.29, 1.82) is 0 Å². The second kappa shape index (κ2) is 5.55. The molecule has 0 aliphatic heterocycles. The summed E-state index contributed by atoms with van der Waals surface area (Å²) in [6.45, 7) is 0. The van der Waals surface area contributed by atoms with E-state index in [1.54, 1.807) is 0 Å². The maximum Gasteiger partial charge on any atom is 0.303 e. The summed E-state index contributed by atoms with van der Waals surface area (Å²) in [5.41, 5.74) is 0. The molecule has 0 aromatic carbocycles. The number of nitrogens with zero attached hydrogens (tertiary/aromatic N) is 1. The fourth-order valence-corrected chi connectivity index (χ4v) is 0.673. The fraction of sp³-hybridized carbons (Fsp3) is 0.750. The summed E-state index contributed by atoms with van der Waals surface area (Å²) < 4.78 is 2.51. The molecule has 0 unspecified atom stereocenters. The van der Waals surface area contributed by atoms with Crippen LogP contribution in [0.4, 0.5) is 0 Å². The Balaban J connectivity index is 2.91. The summed E-state index contributed by atoms with van der Waals surface area (Å²) in [5, 5.41) is 8.09. The van der Waals surface area contributed by atoms with Crippen LogP contribution in [0, 0.1) is 4.91 Å². The van der Waals surface area contributed by atoms with Crippen LogP contribution in [-0.4, -0.2) is 16.8 Å². The number of carboxylic acid groups (broad SMARTS) is 1. The average Bonchev–Trinajstić information content (AvgIpc) is 1.80. The van der Waals surface area contributed by atoms with Crippen LogP contribution in [0.15, 0.2) is 4.58 Å². The minimum Gasteiger partial charge on any atom is -0.481 e. The number of hydrogen-bond acceptors (Lipinski definition) is 4. The molecule has 0 aliphatic rings. The molecule has 5 heteroatoms. The molecule has 0 bridgehead atoms. The third-order valence-corrected chi connectivity index (χ3v) is 1.26. The fourth-order valence-electron chi connectivity index (χ4n) is 0.325. The van der Waals surface area contributed by atoms with Crippen molar-refractivity contribution < 1.29 is 9.90 Å². The SMILES string of the molecule is O=NSCCCC(=O)O. The minimum absolute atomic E-state index is 0.114. The lowest BCUT2D eigenvalue weighted by Gasteiger charge is -1.88. The van der Waals surface area contributed by atoms with Crippen molar-refractivity contribution in [3.63, 3.8) is 0 Å². The summed E-state index contributed by atoms with van der Waals surface area (Å²) in [6.07, 6.45) is 0.619. The summed E-state index contributed by atoms with van der Waals surface area (Å²) in [5.74, 6) is -0.336. The van der Waals surface area contributed by atoms with Gasteiger partial charge in [0.25, 0.3) is 0 Å². The summed E-state index contributed by atoms with van der Waals surface area (Å²) in [7, 11) is 0. The van der Waals surface area contributed by atoms with Gasteiger partial charge in [-0.25, -0.2) is 0 Å². The Morgan fingerprint density at radius 1 is 1.67 bits per heavy atom. The number of carboxylic acids is 1. The van der Waals surface area contributed by atoms with Crippen LogP contribution in [0.3, 0.4) is 0 Å². The zero-order valence-electron chi connectivity index (χ0n) is 4.74. The molecule has 9 heavy (non-hydrogen) atoms. The van der Waals surface area contributed by atoms with Crippen LogP contribution in [-0.2, 0) is 4.79 Å². The Kier molecular flexibility index (Phi) is 5.20. The monoisotopic (exact) mass is 149 g/mol. The molecule has 0 saturated carbocycles. The molecule has 4 nitrogen and oxygen atoms in total. The van der Waals surface area contributed by atoms with Gasteiger partial charge in [-0.1, -0.05) is 0 Å². The van der Waals surface area contributed by atoms with Crippen LogP contribution >= 0.6 is 11.9 Å². The zero-order chi connectivity index (χ0) is 7.11. The van der Waals surface area contributed by atoms with Gasteiger partial charge in [0.2, 0.25) is 0 Å².